The average Bonchev–Trinajstić information content (AvgIpc) is 2.47. The van der Waals surface area contributed by atoms with Gasteiger partial charge in [-0.1, -0.05) is 12.1 Å². The second-order valence-corrected chi connectivity index (χ2v) is 7.54. The van der Waals surface area contributed by atoms with E-state index >= 15 is 0 Å². The Kier molecular flexibility index (Phi) is 7.49. The monoisotopic (exact) mass is 430 g/mol. The smallest absolute Gasteiger partial charge is 0.193 e. The zero-order valence-corrected chi connectivity index (χ0v) is 16.4. The summed E-state index contributed by atoms with van der Waals surface area (Å²) in [4.78, 5) is 6.72. The number of nitrogens with zero attached hydrogens (tertiary/aromatic N) is 3. The SMILES string of the molecule is CN=C(NCc1ccc(C#N)cc1)N1CCSC(C)(C)C1.I. The highest BCUT2D eigenvalue weighted by atomic mass is 127. The normalized spacial score (nSPS) is 17.4. The number of hydrogen-bond acceptors (Lipinski definition) is 3. The number of nitrogens with one attached hydrogen (secondary N) is 1. The summed E-state index contributed by atoms with van der Waals surface area (Å²) in [5.74, 6) is 2.08. The molecule has 2 rings (SSSR count). The summed E-state index contributed by atoms with van der Waals surface area (Å²) in [5, 5.41) is 12.2. The lowest BCUT2D eigenvalue weighted by atomic mass is 10.1. The second kappa shape index (κ2) is 8.63. The predicted octanol–water partition coefficient (Wildman–Crippen LogP) is 3.08. The van der Waals surface area contributed by atoms with E-state index in [9.17, 15) is 0 Å². The molecule has 1 aliphatic rings. The Morgan fingerprint density at radius 1 is 1.41 bits per heavy atom. The molecule has 4 nitrogen and oxygen atoms in total. The van der Waals surface area contributed by atoms with E-state index in [0.717, 1.165) is 36.9 Å². The van der Waals surface area contributed by atoms with Gasteiger partial charge in [-0.05, 0) is 31.5 Å². The van der Waals surface area contributed by atoms with Crippen molar-refractivity contribution < 1.29 is 0 Å². The first-order chi connectivity index (χ1) is 10.0. The van der Waals surface area contributed by atoms with Crippen molar-refractivity contribution in [2.75, 3.05) is 25.9 Å². The summed E-state index contributed by atoms with van der Waals surface area (Å²) in [6.07, 6.45) is 0. The Bertz CT molecular complexity index is 548. The Morgan fingerprint density at radius 2 is 2.09 bits per heavy atom. The molecule has 1 aliphatic heterocycles. The third kappa shape index (κ3) is 5.36. The van der Waals surface area contributed by atoms with Gasteiger partial charge in [0.15, 0.2) is 5.96 Å². The molecule has 0 radical (unpaired) electrons. The van der Waals surface area contributed by atoms with Gasteiger partial charge in [0.1, 0.15) is 0 Å². The lowest BCUT2D eigenvalue weighted by Gasteiger charge is -2.39. The summed E-state index contributed by atoms with van der Waals surface area (Å²) in [7, 11) is 1.83. The number of aliphatic imine (C=N–C) groups is 1. The maximum absolute atomic E-state index is 8.81. The predicted molar refractivity (Wildman–Crippen MR) is 105 cm³/mol. The molecule has 1 fully saturated rings. The molecular formula is C16H23IN4S. The van der Waals surface area contributed by atoms with Crippen LogP contribution < -0.4 is 5.32 Å². The minimum atomic E-state index is 0. The fourth-order valence-corrected chi connectivity index (χ4v) is 3.52. The Labute approximate surface area is 154 Å². The average molecular weight is 430 g/mol. The van der Waals surface area contributed by atoms with Gasteiger partial charge in [-0.2, -0.15) is 17.0 Å². The molecule has 1 heterocycles. The molecule has 0 saturated carbocycles. The van der Waals surface area contributed by atoms with Crippen molar-refractivity contribution in [3.8, 4) is 6.07 Å². The van der Waals surface area contributed by atoms with Crippen LogP contribution in [0.15, 0.2) is 29.3 Å². The first-order valence-electron chi connectivity index (χ1n) is 7.13. The van der Waals surface area contributed by atoms with Gasteiger partial charge in [-0.15, -0.1) is 24.0 Å². The van der Waals surface area contributed by atoms with Gasteiger partial charge in [0.2, 0.25) is 0 Å². The number of hydrogen-bond donors (Lipinski definition) is 1. The van der Waals surface area contributed by atoms with Crippen molar-refractivity contribution in [1.29, 1.82) is 5.26 Å². The molecule has 0 atom stereocenters. The van der Waals surface area contributed by atoms with Crippen molar-refractivity contribution in [2.24, 2.45) is 4.99 Å². The van der Waals surface area contributed by atoms with Gasteiger partial charge < -0.3 is 10.2 Å². The van der Waals surface area contributed by atoms with E-state index in [1.165, 1.54) is 0 Å². The molecule has 0 amide bonds. The minimum absolute atomic E-state index is 0. The summed E-state index contributed by atoms with van der Waals surface area (Å²) in [6, 6.07) is 9.79. The van der Waals surface area contributed by atoms with Gasteiger partial charge >= 0.3 is 0 Å². The quantitative estimate of drug-likeness (QED) is 0.445. The fraction of sp³-hybridized carbons (Fsp3) is 0.500. The maximum atomic E-state index is 8.81. The fourth-order valence-electron chi connectivity index (χ4n) is 2.41. The van der Waals surface area contributed by atoms with Crippen LogP contribution in [0.25, 0.3) is 0 Å². The lowest BCUT2D eigenvalue weighted by Crippen LogP contribution is -2.50. The molecule has 120 valence electrons. The molecule has 1 aromatic rings. The van der Waals surface area contributed by atoms with E-state index in [4.69, 9.17) is 5.26 Å². The second-order valence-electron chi connectivity index (χ2n) is 5.74. The topological polar surface area (TPSA) is 51.4 Å². The number of guanidine groups is 1. The number of benzene rings is 1. The Morgan fingerprint density at radius 3 is 2.64 bits per heavy atom. The Hall–Kier alpha value is -0.940. The van der Waals surface area contributed by atoms with Gasteiger partial charge in [-0.25, -0.2) is 0 Å². The zero-order valence-electron chi connectivity index (χ0n) is 13.3. The van der Waals surface area contributed by atoms with E-state index in [1.54, 1.807) is 0 Å². The number of nitriles is 1. The number of rotatable bonds is 2. The van der Waals surface area contributed by atoms with E-state index in [-0.39, 0.29) is 28.7 Å². The van der Waals surface area contributed by atoms with Crippen LogP contribution in [0.3, 0.4) is 0 Å². The maximum Gasteiger partial charge on any atom is 0.193 e. The van der Waals surface area contributed by atoms with Crippen LogP contribution >= 0.6 is 35.7 Å². The highest BCUT2D eigenvalue weighted by Gasteiger charge is 2.28. The first-order valence-corrected chi connectivity index (χ1v) is 8.11. The summed E-state index contributed by atoms with van der Waals surface area (Å²) >= 11 is 2.02. The zero-order chi connectivity index (χ0) is 15.3. The van der Waals surface area contributed by atoms with Crippen LogP contribution in [0.1, 0.15) is 25.0 Å². The third-order valence-corrected chi connectivity index (χ3v) is 4.77. The van der Waals surface area contributed by atoms with Crippen molar-refractivity contribution >= 4 is 41.7 Å². The highest BCUT2D eigenvalue weighted by molar-refractivity contribution is 14.0. The van der Waals surface area contributed by atoms with Crippen molar-refractivity contribution in [2.45, 2.75) is 25.1 Å². The molecular weight excluding hydrogens is 407 g/mol. The lowest BCUT2D eigenvalue weighted by molar-refractivity contribution is 0.376. The molecule has 1 N–H and O–H groups in total. The van der Waals surface area contributed by atoms with Crippen molar-refractivity contribution in [3.63, 3.8) is 0 Å². The van der Waals surface area contributed by atoms with Gasteiger partial charge in [0.05, 0.1) is 11.6 Å². The highest BCUT2D eigenvalue weighted by Crippen LogP contribution is 2.29. The van der Waals surface area contributed by atoms with Crippen LogP contribution in [-0.2, 0) is 6.54 Å². The summed E-state index contributed by atoms with van der Waals surface area (Å²) in [5.41, 5.74) is 1.85. The van der Waals surface area contributed by atoms with E-state index in [2.05, 4.69) is 35.1 Å². The standard InChI is InChI=1S/C16H22N4S.HI/c1-16(2)12-20(8-9-21-16)15(18-3)19-11-14-6-4-13(10-17)5-7-14;/h4-7H,8-9,11-12H2,1-3H3,(H,18,19);1H. The van der Waals surface area contributed by atoms with E-state index < -0.39 is 0 Å². The molecule has 0 unspecified atom stereocenters. The van der Waals surface area contributed by atoms with Crippen molar-refractivity contribution in [3.05, 3.63) is 35.4 Å². The third-order valence-electron chi connectivity index (χ3n) is 3.47. The number of halogens is 1. The minimum Gasteiger partial charge on any atom is -0.352 e. The van der Waals surface area contributed by atoms with Gasteiger partial charge in [0.25, 0.3) is 0 Å². The molecule has 1 saturated heterocycles. The van der Waals surface area contributed by atoms with Crippen LogP contribution in [0.4, 0.5) is 0 Å². The summed E-state index contributed by atoms with van der Waals surface area (Å²) in [6.45, 7) is 7.31. The Balaban J connectivity index is 0.00000242. The van der Waals surface area contributed by atoms with Crippen molar-refractivity contribution in [1.82, 2.24) is 10.2 Å². The van der Waals surface area contributed by atoms with Crippen LogP contribution in [0.5, 0.6) is 0 Å². The molecule has 0 spiro atoms. The number of thioether (sulfide) groups is 1. The molecule has 0 aliphatic carbocycles. The van der Waals surface area contributed by atoms with Crippen LogP contribution in [0, 0.1) is 11.3 Å². The van der Waals surface area contributed by atoms with Gasteiger partial charge in [0, 0.05) is 37.2 Å². The molecule has 6 heteroatoms. The largest absolute Gasteiger partial charge is 0.352 e. The molecule has 0 aromatic heterocycles. The molecule has 0 bridgehead atoms. The van der Waals surface area contributed by atoms with Gasteiger partial charge in [-0.3, -0.25) is 4.99 Å². The van der Waals surface area contributed by atoms with Crippen LogP contribution in [0.2, 0.25) is 0 Å². The van der Waals surface area contributed by atoms with Crippen LogP contribution in [-0.4, -0.2) is 41.5 Å². The molecule has 1 aromatic carbocycles. The first kappa shape index (κ1) is 19.1. The molecule has 22 heavy (non-hydrogen) atoms. The van der Waals surface area contributed by atoms with E-state index in [0.29, 0.717) is 5.56 Å². The van der Waals surface area contributed by atoms with E-state index in [1.807, 2.05) is 43.1 Å². The summed E-state index contributed by atoms with van der Waals surface area (Å²) < 4.78 is 0.268.